The second kappa shape index (κ2) is 4.58. The lowest BCUT2D eigenvalue weighted by molar-refractivity contribution is 0.316. The summed E-state index contributed by atoms with van der Waals surface area (Å²) in [6.45, 7) is 1.95. The van der Waals surface area contributed by atoms with Gasteiger partial charge in [0.05, 0.1) is 11.8 Å². The van der Waals surface area contributed by atoms with Crippen LogP contribution in [0.1, 0.15) is 24.9 Å². The maximum Gasteiger partial charge on any atom is 0.0836 e. The molecule has 0 saturated carbocycles. The third kappa shape index (κ3) is 2.36. The van der Waals surface area contributed by atoms with Crippen LogP contribution in [0.5, 0.6) is 0 Å². The second-order valence-corrected chi connectivity index (χ2v) is 4.31. The van der Waals surface area contributed by atoms with E-state index in [1.807, 2.05) is 37.3 Å². The normalized spacial score (nSPS) is 22.8. The smallest absolute Gasteiger partial charge is 0.0836 e. The van der Waals surface area contributed by atoms with Gasteiger partial charge < -0.3 is 10.5 Å². The van der Waals surface area contributed by atoms with Crippen molar-refractivity contribution < 1.29 is 5.21 Å². The molecule has 4 heteroatoms. The van der Waals surface area contributed by atoms with E-state index >= 15 is 0 Å². The number of allylic oxidation sites excluding steroid dienone is 2. The van der Waals surface area contributed by atoms with Crippen molar-refractivity contribution in [2.24, 2.45) is 5.16 Å². The Morgan fingerprint density at radius 1 is 1.50 bits per heavy atom. The molecule has 16 heavy (non-hydrogen) atoms. The Kier molecular flexibility index (Phi) is 3.15. The molecule has 0 radical (unpaired) electrons. The van der Waals surface area contributed by atoms with Gasteiger partial charge in [-0.05, 0) is 30.7 Å². The van der Waals surface area contributed by atoms with E-state index in [2.05, 4.69) is 10.5 Å². The molecule has 0 fully saturated rings. The second-order valence-electron chi connectivity index (χ2n) is 3.87. The van der Waals surface area contributed by atoms with Gasteiger partial charge in [-0.15, -0.1) is 0 Å². The van der Waals surface area contributed by atoms with Crippen molar-refractivity contribution >= 4 is 17.3 Å². The minimum atomic E-state index is 0.120. The molecule has 1 heterocycles. The van der Waals surface area contributed by atoms with Gasteiger partial charge in [-0.1, -0.05) is 28.9 Å². The minimum Gasteiger partial charge on any atom is -0.411 e. The standard InChI is InChI=1S/C12H13ClN2O/c1-8-5-11(15-16)7-12(14-8)9-3-2-4-10(13)6-9/h2-6,12,14,16H,7H2,1H3. The van der Waals surface area contributed by atoms with E-state index in [4.69, 9.17) is 16.8 Å². The van der Waals surface area contributed by atoms with Gasteiger partial charge >= 0.3 is 0 Å². The van der Waals surface area contributed by atoms with Gasteiger partial charge in [0.2, 0.25) is 0 Å². The highest BCUT2D eigenvalue weighted by Gasteiger charge is 2.18. The predicted molar refractivity (Wildman–Crippen MR) is 64.9 cm³/mol. The van der Waals surface area contributed by atoms with Crippen molar-refractivity contribution in [1.82, 2.24) is 5.32 Å². The molecule has 0 bridgehead atoms. The number of oxime groups is 1. The molecule has 1 aliphatic heterocycles. The molecule has 0 spiro atoms. The van der Waals surface area contributed by atoms with Crippen LogP contribution in [0, 0.1) is 0 Å². The van der Waals surface area contributed by atoms with Gasteiger partial charge in [0.1, 0.15) is 0 Å². The Hall–Kier alpha value is -1.48. The van der Waals surface area contributed by atoms with Gasteiger partial charge in [0.15, 0.2) is 0 Å². The molecular weight excluding hydrogens is 224 g/mol. The lowest BCUT2D eigenvalue weighted by Gasteiger charge is -2.24. The van der Waals surface area contributed by atoms with Crippen LogP contribution in [-0.4, -0.2) is 10.9 Å². The van der Waals surface area contributed by atoms with E-state index in [-0.39, 0.29) is 6.04 Å². The quantitative estimate of drug-likeness (QED) is 0.581. The third-order valence-corrected chi connectivity index (χ3v) is 2.81. The molecule has 1 aliphatic rings. The first-order valence-corrected chi connectivity index (χ1v) is 5.48. The molecule has 2 rings (SSSR count). The predicted octanol–water partition coefficient (Wildman–Crippen LogP) is 3.11. The van der Waals surface area contributed by atoms with Crippen molar-refractivity contribution in [3.8, 4) is 0 Å². The van der Waals surface area contributed by atoms with Crippen LogP contribution in [0.15, 0.2) is 41.2 Å². The summed E-state index contributed by atoms with van der Waals surface area (Å²) in [7, 11) is 0. The molecule has 3 nitrogen and oxygen atoms in total. The number of rotatable bonds is 1. The summed E-state index contributed by atoms with van der Waals surface area (Å²) in [4.78, 5) is 0. The molecule has 0 aliphatic carbocycles. The van der Waals surface area contributed by atoms with Crippen LogP contribution in [0.25, 0.3) is 0 Å². The lowest BCUT2D eigenvalue weighted by Crippen LogP contribution is -2.27. The van der Waals surface area contributed by atoms with Gasteiger partial charge in [0.25, 0.3) is 0 Å². The average Bonchev–Trinajstić information content (AvgIpc) is 2.28. The van der Waals surface area contributed by atoms with Gasteiger partial charge in [-0.3, -0.25) is 0 Å². The molecule has 0 saturated heterocycles. The zero-order valence-electron chi connectivity index (χ0n) is 8.94. The fourth-order valence-corrected chi connectivity index (χ4v) is 2.08. The summed E-state index contributed by atoms with van der Waals surface area (Å²) in [5.74, 6) is 0. The van der Waals surface area contributed by atoms with Crippen LogP contribution < -0.4 is 5.32 Å². The minimum absolute atomic E-state index is 0.120. The lowest BCUT2D eigenvalue weighted by atomic mass is 9.97. The number of halogens is 1. The van der Waals surface area contributed by atoms with E-state index in [9.17, 15) is 0 Å². The fourth-order valence-electron chi connectivity index (χ4n) is 1.88. The highest BCUT2D eigenvalue weighted by Crippen LogP contribution is 2.24. The topological polar surface area (TPSA) is 44.6 Å². The highest BCUT2D eigenvalue weighted by molar-refractivity contribution is 6.30. The zero-order valence-corrected chi connectivity index (χ0v) is 9.70. The largest absolute Gasteiger partial charge is 0.411 e. The van der Waals surface area contributed by atoms with E-state index in [0.29, 0.717) is 17.2 Å². The molecular formula is C12H13ClN2O. The van der Waals surface area contributed by atoms with Gasteiger partial charge in [0, 0.05) is 17.1 Å². The van der Waals surface area contributed by atoms with Gasteiger partial charge in [-0.2, -0.15) is 0 Å². The van der Waals surface area contributed by atoms with Crippen LogP contribution in [0.2, 0.25) is 5.02 Å². The first-order valence-electron chi connectivity index (χ1n) is 5.10. The number of nitrogens with zero attached hydrogens (tertiary/aromatic N) is 1. The molecule has 1 aromatic rings. The molecule has 1 atom stereocenters. The summed E-state index contributed by atoms with van der Waals surface area (Å²) in [6, 6.07) is 7.82. The number of hydrogen-bond acceptors (Lipinski definition) is 3. The summed E-state index contributed by atoms with van der Waals surface area (Å²) < 4.78 is 0. The van der Waals surface area contributed by atoms with Gasteiger partial charge in [-0.25, -0.2) is 0 Å². The average molecular weight is 237 g/mol. The third-order valence-electron chi connectivity index (χ3n) is 2.58. The highest BCUT2D eigenvalue weighted by atomic mass is 35.5. The van der Waals surface area contributed by atoms with Crippen molar-refractivity contribution in [3.63, 3.8) is 0 Å². The van der Waals surface area contributed by atoms with Crippen LogP contribution in [-0.2, 0) is 0 Å². The zero-order chi connectivity index (χ0) is 11.5. The Labute approximate surface area is 99.4 Å². The Morgan fingerprint density at radius 2 is 2.31 bits per heavy atom. The number of hydrogen-bond donors (Lipinski definition) is 2. The monoisotopic (exact) mass is 236 g/mol. The maximum atomic E-state index is 8.82. The van der Waals surface area contributed by atoms with E-state index < -0.39 is 0 Å². The Morgan fingerprint density at radius 3 is 3.00 bits per heavy atom. The molecule has 0 aromatic heterocycles. The van der Waals surface area contributed by atoms with Crippen LogP contribution in [0.4, 0.5) is 0 Å². The first-order chi connectivity index (χ1) is 7.69. The van der Waals surface area contributed by atoms with Crippen molar-refractivity contribution in [2.45, 2.75) is 19.4 Å². The van der Waals surface area contributed by atoms with Crippen molar-refractivity contribution in [1.29, 1.82) is 0 Å². The molecule has 84 valence electrons. The number of nitrogens with one attached hydrogen (secondary N) is 1. The first kappa shape index (κ1) is 11.0. The fraction of sp³-hybridized carbons (Fsp3) is 0.250. The Balaban J connectivity index is 2.27. The van der Waals surface area contributed by atoms with Crippen LogP contribution >= 0.6 is 11.6 Å². The van der Waals surface area contributed by atoms with E-state index in [1.54, 1.807) is 0 Å². The Bertz CT molecular complexity index is 454. The number of benzene rings is 1. The summed E-state index contributed by atoms with van der Waals surface area (Å²) in [5.41, 5.74) is 2.77. The molecule has 2 N–H and O–H groups in total. The molecule has 1 unspecified atom stereocenters. The summed E-state index contributed by atoms with van der Waals surface area (Å²) in [6.07, 6.45) is 2.50. The van der Waals surface area contributed by atoms with Crippen molar-refractivity contribution in [2.75, 3.05) is 0 Å². The van der Waals surface area contributed by atoms with Crippen LogP contribution in [0.3, 0.4) is 0 Å². The SMILES string of the molecule is CC1=CC(=NO)CC(c2cccc(Cl)c2)N1. The summed E-state index contributed by atoms with van der Waals surface area (Å²) >= 11 is 5.95. The molecule has 0 amide bonds. The maximum absolute atomic E-state index is 8.82. The molecule has 1 aromatic carbocycles. The summed E-state index contributed by atoms with van der Waals surface area (Å²) in [5, 5.41) is 16.1. The van der Waals surface area contributed by atoms with Crippen molar-refractivity contribution in [3.05, 3.63) is 46.6 Å². The van der Waals surface area contributed by atoms with E-state index in [0.717, 1.165) is 11.3 Å². The van der Waals surface area contributed by atoms with E-state index in [1.165, 1.54) is 0 Å².